The summed E-state index contributed by atoms with van der Waals surface area (Å²) < 4.78 is 27.0. The van der Waals surface area contributed by atoms with E-state index >= 15 is 0 Å². The average molecular weight is 307 g/mol. The van der Waals surface area contributed by atoms with Gasteiger partial charge in [0.25, 0.3) is 0 Å². The number of hydrogen-bond acceptors (Lipinski definition) is 2. The highest BCUT2D eigenvalue weighted by Crippen LogP contribution is 2.23. The molecule has 0 aliphatic heterocycles. The number of likely N-dealkylation sites (N-methyl/N-ethyl adjacent to an activating group) is 1. The Morgan fingerprint density at radius 3 is 2.57 bits per heavy atom. The van der Waals surface area contributed by atoms with Crippen molar-refractivity contribution >= 4 is 11.8 Å². The van der Waals surface area contributed by atoms with Gasteiger partial charge in [0.15, 0.2) is 11.6 Å². The van der Waals surface area contributed by atoms with Gasteiger partial charge in [-0.3, -0.25) is 0 Å². The average Bonchev–Trinajstić information content (AvgIpc) is 2.49. The third-order valence-electron chi connectivity index (χ3n) is 3.44. The molecule has 112 valence electrons. The highest BCUT2D eigenvalue weighted by atomic mass is 32.2. The van der Waals surface area contributed by atoms with Crippen molar-refractivity contribution in [2.24, 2.45) is 0 Å². The van der Waals surface area contributed by atoms with Gasteiger partial charge in [0.2, 0.25) is 0 Å². The van der Waals surface area contributed by atoms with Crippen LogP contribution in [-0.2, 0) is 6.42 Å². The quantitative estimate of drug-likeness (QED) is 0.803. The molecule has 0 amide bonds. The molecule has 21 heavy (non-hydrogen) atoms. The van der Waals surface area contributed by atoms with Crippen LogP contribution in [0.4, 0.5) is 8.78 Å². The number of aryl methyl sites for hydroxylation is 1. The van der Waals surface area contributed by atoms with Crippen LogP contribution >= 0.6 is 11.8 Å². The van der Waals surface area contributed by atoms with Crippen LogP contribution in [0.3, 0.4) is 0 Å². The van der Waals surface area contributed by atoms with E-state index in [-0.39, 0.29) is 6.04 Å². The second-order valence-electron chi connectivity index (χ2n) is 4.98. The molecule has 0 aliphatic rings. The van der Waals surface area contributed by atoms with Crippen molar-refractivity contribution in [1.82, 2.24) is 5.32 Å². The largest absolute Gasteiger partial charge is 0.316 e. The Labute approximate surface area is 128 Å². The molecule has 2 aromatic rings. The lowest BCUT2D eigenvalue weighted by molar-refractivity contribution is 0.490. The summed E-state index contributed by atoms with van der Waals surface area (Å²) in [4.78, 5) is 1.22. The van der Waals surface area contributed by atoms with Crippen LogP contribution in [0.25, 0.3) is 0 Å². The fraction of sp³-hybridized carbons (Fsp3) is 0.294. The fourth-order valence-electron chi connectivity index (χ4n) is 2.12. The van der Waals surface area contributed by atoms with Crippen molar-refractivity contribution in [3.8, 4) is 0 Å². The van der Waals surface area contributed by atoms with Gasteiger partial charge in [-0.25, -0.2) is 8.78 Å². The first kappa shape index (κ1) is 16.0. The van der Waals surface area contributed by atoms with E-state index in [9.17, 15) is 8.78 Å². The van der Waals surface area contributed by atoms with E-state index in [1.807, 2.05) is 19.2 Å². The lowest BCUT2D eigenvalue weighted by atomic mass is 10.1. The molecule has 0 bridgehead atoms. The molecule has 1 N–H and O–H groups in total. The van der Waals surface area contributed by atoms with E-state index in [1.165, 1.54) is 10.5 Å². The Kier molecular flexibility index (Phi) is 5.76. The van der Waals surface area contributed by atoms with E-state index in [0.29, 0.717) is 12.0 Å². The number of thioether (sulfide) groups is 1. The molecule has 0 radical (unpaired) electrons. The lowest BCUT2D eigenvalue weighted by Crippen LogP contribution is -2.30. The molecule has 0 saturated carbocycles. The minimum Gasteiger partial charge on any atom is -0.316 e. The van der Waals surface area contributed by atoms with Gasteiger partial charge in [-0.2, -0.15) is 0 Å². The van der Waals surface area contributed by atoms with Gasteiger partial charge in [0, 0.05) is 16.7 Å². The topological polar surface area (TPSA) is 12.0 Å². The standard InChI is InChI=1S/C17H19F2NS/c1-12-6-3-4-9-16(12)21-11-14(20-2)10-13-7-5-8-15(18)17(13)19/h3-9,14,20H,10-11H2,1-2H3. The van der Waals surface area contributed by atoms with Gasteiger partial charge in [0.1, 0.15) is 0 Å². The molecule has 0 spiro atoms. The zero-order valence-electron chi connectivity index (χ0n) is 12.2. The van der Waals surface area contributed by atoms with Gasteiger partial charge in [-0.1, -0.05) is 30.3 Å². The second kappa shape index (κ2) is 7.57. The predicted octanol–water partition coefficient (Wildman–Crippen LogP) is 4.20. The van der Waals surface area contributed by atoms with Gasteiger partial charge < -0.3 is 5.32 Å². The minimum atomic E-state index is -0.783. The maximum Gasteiger partial charge on any atom is 0.162 e. The van der Waals surface area contributed by atoms with Crippen LogP contribution in [0.1, 0.15) is 11.1 Å². The van der Waals surface area contributed by atoms with Crippen molar-refractivity contribution in [2.45, 2.75) is 24.3 Å². The van der Waals surface area contributed by atoms with E-state index in [0.717, 1.165) is 11.8 Å². The molecule has 2 rings (SSSR count). The Morgan fingerprint density at radius 1 is 1.10 bits per heavy atom. The van der Waals surface area contributed by atoms with E-state index in [4.69, 9.17) is 0 Å². The van der Waals surface area contributed by atoms with Crippen LogP contribution in [0.15, 0.2) is 47.4 Å². The van der Waals surface area contributed by atoms with Crippen molar-refractivity contribution in [1.29, 1.82) is 0 Å². The fourth-order valence-corrected chi connectivity index (χ4v) is 3.26. The van der Waals surface area contributed by atoms with Crippen LogP contribution in [-0.4, -0.2) is 18.8 Å². The zero-order chi connectivity index (χ0) is 15.2. The second-order valence-corrected chi connectivity index (χ2v) is 6.04. The van der Waals surface area contributed by atoms with Crippen molar-refractivity contribution < 1.29 is 8.78 Å². The first-order chi connectivity index (χ1) is 10.1. The molecule has 0 aromatic heterocycles. The molecule has 0 saturated heterocycles. The molecular formula is C17H19F2NS. The summed E-state index contributed by atoms with van der Waals surface area (Å²) in [6.07, 6.45) is 0.471. The highest BCUT2D eigenvalue weighted by Gasteiger charge is 2.14. The van der Waals surface area contributed by atoms with Crippen molar-refractivity contribution in [2.75, 3.05) is 12.8 Å². The molecule has 0 heterocycles. The third-order valence-corrected chi connectivity index (χ3v) is 4.78. The third kappa shape index (κ3) is 4.29. The Morgan fingerprint density at radius 2 is 1.86 bits per heavy atom. The number of halogens is 2. The van der Waals surface area contributed by atoms with Gasteiger partial charge >= 0.3 is 0 Å². The van der Waals surface area contributed by atoms with Crippen LogP contribution in [0, 0.1) is 18.6 Å². The monoisotopic (exact) mass is 307 g/mol. The molecule has 0 aliphatic carbocycles. The van der Waals surface area contributed by atoms with Crippen LogP contribution in [0.2, 0.25) is 0 Å². The van der Waals surface area contributed by atoms with Gasteiger partial charge in [0.05, 0.1) is 0 Å². The Balaban J connectivity index is 2.01. The first-order valence-electron chi connectivity index (χ1n) is 6.90. The summed E-state index contributed by atoms with van der Waals surface area (Å²) in [5.41, 5.74) is 1.65. The van der Waals surface area contributed by atoms with E-state index < -0.39 is 11.6 Å². The summed E-state index contributed by atoms with van der Waals surface area (Å²) in [7, 11) is 1.85. The molecular weight excluding hydrogens is 288 g/mol. The number of nitrogens with one attached hydrogen (secondary N) is 1. The molecule has 2 aromatic carbocycles. The van der Waals surface area contributed by atoms with E-state index in [1.54, 1.807) is 23.9 Å². The lowest BCUT2D eigenvalue weighted by Gasteiger charge is -2.17. The molecule has 1 unspecified atom stereocenters. The van der Waals surface area contributed by atoms with E-state index in [2.05, 4.69) is 24.4 Å². The number of rotatable bonds is 6. The van der Waals surface area contributed by atoms with Crippen molar-refractivity contribution in [3.63, 3.8) is 0 Å². The highest BCUT2D eigenvalue weighted by molar-refractivity contribution is 7.99. The summed E-state index contributed by atoms with van der Waals surface area (Å²) in [6, 6.07) is 12.6. The normalized spacial score (nSPS) is 12.4. The van der Waals surface area contributed by atoms with Gasteiger partial charge in [-0.05, 0) is 43.7 Å². The number of benzene rings is 2. The zero-order valence-corrected chi connectivity index (χ0v) is 13.0. The summed E-state index contributed by atoms with van der Waals surface area (Å²) in [6.45, 7) is 2.07. The summed E-state index contributed by atoms with van der Waals surface area (Å²) in [5.74, 6) is -0.718. The van der Waals surface area contributed by atoms with Crippen LogP contribution < -0.4 is 5.32 Å². The smallest absolute Gasteiger partial charge is 0.162 e. The molecule has 4 heteroatoms. The molecule has 1 atom stereocenters. The SMILES string of the molecule is CNC(CSc1ccccc1C)Cc1cccc(F)c1F. The summed E-state index contributed by atoms with van der Waals surface area (Å²) in [5, 5.41) is 3.18. The van der Waals surface area contributed by atoms with Crippen molar-refractivity contribution in [3.05, 3.63) is 65.2 Å². The van der Waals surface area contributed by atoms with Crippen LogP contribution in [0.5, 0.6) is 0 Å². The Hall–Kier alpha value is -1.39. The van der Waals surface area contributed by atoms with Gasteiger partial charge in [-0.15, -0.1) is 11.8 Å². The first-order valence-corrected chi connectivity index (χ1v) is 7.89. The minimum absolute atomic E-state index is 0.0888. The predicted molar refractivity (Wildman–Crippen MR) is 84.8 cm³/mol. The maximum absolute atomic E-state index is 13.7. The Bertz CT molecular complexity index is 601. The maximum atomic E-state index is 13.7. The number of hydrogen-bond donors (Lipinski definition) is 1. The summed E-state index contributed by atoms with van der Waals surface area (Å²) >= 11 is 1.73. The molecule has 0 fully saturated rings. The molecule has 1 nitrogen and oxygen atoms in total.